The van der Waals surface area contributed by atoms with Crippen molar-refractivity contribution in [2.75, 3.05) is 7.05 Å². The van der Waals surface area contributed by atoms with Gasteiger partial charge >= 0.3 is 0 Å². The summed E-state index contributed by atoms with van der Waals surface area (Å²) in [7, 11) is 1.66. The molecule has 28 heavy (non-hydrogen) atoms. The predicted octanol–water partition coefficient (Wildman–Crippen LogP) is 5.27. The van der Waals surface area contributed by atoms with Gasteiger partial charge in [0.25, 0.3) is 0 Å². The molecule has 138 valence electrons. The van der Waals surface area contributed by atoms with E-state index >= 15 is 0 Å². The zero-order valence-electron chi connectivity index (χ0n) is 15.6. The van der Waals surface area contributed by atoms with Crippen LogP contribution in [0.1, 0.15) is 11.1 Å². The molecular formula is C23H21N5. The molecule has 0 fully saturated rings. The van der Waals surface area contributed by atoms with Gasteiger partial charge in [-0.3, -0.25) is 10.8 Å². The van der Waals surface area contributed by atoms with Crippen LogP contribution < -0.4 is 5.43 Å². The molecule has 0 radical (unpaired) electrons. The first-order valence-corrected chi connectivity index (χ1v) is 9.14. The number of fused-ring (bicyclic) bond motifs is 1. The highest BCUT2D eigenvalue weighted by atomic mass is 15.4. The summed E-state index contributed by atoms with van der Waals surface area (Å²) in [5.41, 5.74) is 8.14. The van der Waals surface area contributed by atoms with Crippen molar-refractivity contribution in [3.63, 3.8) is 0 Å². The summed E-state index contributed by atoms with van der Waals surface area (Å²) in [5, 5.41) is 16.5. The van der Waals surface area contributed by atoms with Crippen LogP contribution in [0.2, 0.25) is 0 Å². The molecule has 5 heteroatoms. The fourth-order valence-electron chi connectivity index (χ4n) is 3.27. The number of nitrogens with one attached hydrogen (secondary N) is 2. The molecule has 2 N–H and O–H groups in total. The predicted molar refractivity (Wildman–Crippen MR) is 114 cm³/mol. The number of hydrogen-bond acceptors (Lipinski definition) is 2. The first kappa shape index (κ1) is 17.7. The van der Waals surface area contributed by atoms with Crippen LogP contribution in [0.4, 0.5) is 0 Å². The molecule has 0 aliphatic heterocycles. The molecular weight excluding hydrogens is 346 g/mol. The van der Waals surface area contributed by atoms with Gasteiger partial charge in [-0.2, -0.15) is 0 Å². The highest BCUT2D eigenvalue weighted by Crippen LogP contribution is 2.22. The maximum absolute atomic E-state index is 7.98. The van der Waals surface area contributed by atoms with Crippen LogP contribution in [0.3, 0.4) is 0 Å². The summed E-state index contributed by atoms with van der Waals surface area (Å²) >= 11 is 0. The molecule has 1 aromatic heterocycles. The third-order valence-corrected chi connectivity index (χ3v) is 4.71. The molecule has 0 bridgehead atoms. The number of amidine groups is 1. The summed E-state index contributed by atoms with van der Waals surface area (Å²) in [5.74, 6) is 0.139. The van der Waals surface area contributed by atoms with Gasteiger partial charge in [0.2, 0.25) is 0 Å². The zero-order valence-corrected chi connectivity index (χ0v) is 15.6. The Labute approximate surface area is 163 Å². The lowest BCUT2D eigenvalue weighted by Crippen LogP contribution is -2.00. The smallest absolute Gasteiger partial charge is 0.176 e. The fourth-order valence-corrected chi connectivity index (χ4v) is 3.27. The van der Waals surface area contributed by atoms with Crippen LogP contribution in [-0.4, -0.2) is 17.5 Å². The molecule has 4 aromatic rings. The Morgan fingerprint density at radius 2 is 1.68 bits per heavy atom. The van der Waals surface area contributed by atoms with E-state index in [0.717, 1.165) is 23.0 Å². The van der Waals surface area contributed by atoms with Gasteiger partial charge in [-0.15, -0.1) is 5.11 Å². The van der Waals surface area contributed by atoms with Gasteiger partial charge in [0.15, 0.2) is 5.84 Å². The van der Waals surface area contributed by atoms with Crippen LogP contribution >= 0.6 is 0 Å². The Morgan fingerprint density at radius 3 is 2.43 bits per heavy atom. The lowest BCUT2D eigenvalue weighted by atomic mass is 10.0. The van der Waals surface area contributed by atoms with E-state index in [4.69, 9.17) is 5.41 Å². The van der Waals surface area contributed by atoms with E-state index in [2.05, 4.69) is 81.1 Å². The maximum Gasteiger partial charge on any atom is 0.176 e. The molecule has 0 aliphatic rings. The second-order valence-electron chi connectivity index (χ2n) is 6.55. The van der Waals surface area contributed by atoms with Crippen molar-refractivity contribution in [1.29, 1.82) is 5.41 Å². The summed E-state index contributed by atoms with van der Waals surface area (Å²) in [6.07, 6.45) is 2.08. The van der Waals surface area contributed by atoms with Crippen molar-refractivity contribution in [2.24, 2.45) is 10.3 Å². The summed E-state index contributed by atoms with van der Waals surface area (Å²) in [4.78, 5) is 0. The third-order valence-electron chi connectivity index (χ3n) is 4.71. The Hall–Kier alpha value is -3.73. The van der Waals surface area contributed by atoms with Gasteiger partial charge < -0.3 is 4.57 Å². The van der Waals surface area contributed by atoms with E-state index in [1.807, 2.05) is 24.3 Å². The number of hydrogen-bond donors (Lipinski definition) is 2. The van der Waals surface area contributed by atoms with Gasteiger partial charge in [0, 0.05) is 36.3 Å². The van der Waals surface area contributed by atoms with E-state index in [0.29, 0.717) is 0 Å². The molecule has 0 saturated heterocycles. The Bertz CT molecular complexity index is 1120. The minimum Gasteiger partial charge on any atom is -0.343 e. The van der Waals surface area contributed by atoms with Gasteiger partial charge in [-0.05, 0) is 41.0 Å². The summed E-state index contributed by atoms with van der Waals surface area (Å²) in [6, 6.07) is 27.1. The SMILES string of the molecule is CN/N=N\C(=N)c1ccc2c(ccn2Cc2ccc(-c3ccccc3)cc2)c1. The van der Waals surface area contributed by atoms with Crippen molar-refractivity contribution in [3.05, 3.63) is 96.2 Å². The van der Waals surface area contributed by atoms with Crippen molar-refractivity contribution in [3.8, 4) is 11.1 Å². The lowest BCUT2D eigenvalue weighted by Gasteiger charge is -2.08. The number of benzene rings is 3. The van der Waals surface area contributed by atoms with Crippen molar-refractivity contribution in [1.82, 2.24) is 9.99 Å². The Kier molecular flexibility index (Phi) is 4.97. The normalized spacial score (nSPS) is 11.2. The zero-order chi connectivity index (χ0) is 19.3. The summed E-state index contributed by atoms with van der Waals surface area (Å²) < 4.78 is 2.22. The largest absolute Gasteiger partial charge is 0.343 e. The minimum absolute atomic E-state index is 0.139. The molecule has 1 heterocycles. The highest BCUT2D eigenvalue weighted by Gasteiger charge is 2.06. The minimum atomic E-state index is 0.139. The van der Waals surface area contributed by atoms with E-state index < -0.39 is 0 Å². The van der Waals surface area contributed by atoms with Gasteiger partial charge in [-0.25, -0.2) is 0 Å². The fraction of sp³-hybridized carbons (Fsp3) is 0.0870. The van der Waals surface area contributed by atoms with Crippen LogP contribution in [-0.2, 0) is 6.54 Å². The Balaban J connectivity index is 1.55. The molecule has 0 aliphatic carbocycles. The maximum atomic E-state index is 7.98. The second-order valence-corrected chi connectivity index (χ2v) is 6.55. The number of aromatic nitrogens is 1. The first-order valence-electron chi connectivity index (χ1n) is 9.14. The van der Waals surface area contributed by atoms with E-state index in [9.17, 15) is 0 Å². The Morgan fingerprint density at radius 1 is 0.929 bits per heavy atom. The van der Waals surface area contributed by atoms with Crippen molar-refractivity contribution in [2.45, 2.75) is 6.54 Å². The summed E-state index contributed by atoms with van der Waals surface area (Å²) in [6.45, 7) is 0.800. The van der Waals surface area contributed by atoms with Crippen molar-refractivity contribution >= 4 is 16.7 Å². The average molecular weight is 367 g/mol. The standard InChI is InChI=1S/C23H21N5/c1-25-27-26-23(24)21-11-12-22-20(15-21)13-14-28(22)16-17-7-9-19(10-8-17)18-5-3-2-4-6-18/h2-15H,16H2,1H3,(H2,24,25,26). The topological polar surface area (TPSA) is 65.5 Å². The van der Waals surface area contributed by atoms with Crippen LogP contribution in [0.15, 0.2) is 95.4 Å². The van der Waals surface area contributed by atoms with Crippen LogP contribution in [0.25, 0.3) is 22.0 Å². The van der Waals surface area contributed by atoms with E-state index in [1.54, 1.807) is 7.05 Å². The molecule has 4 rings (SSSR count). The molecule has 0 saturated carbocycles. The third kappa shape index (κ3) is 3.69. The van der Waals surface area contributed by atoms with Crippen molar-refractivity contribution < 1.29 is 0 Å². The first-order chi connectivity index (χ1) is 13.7. The van der Waals surface area contributed by atoms with E-state index in [1.165, 1.54) is 16.7 Å². The number of nitrogens with zero attached hydrogens (tertiary/aromatic N) is 3. The van der Waals surface area contributed by atoms with Gasteiger partial charge in [-0.1, -0.05) is 59.8 Å². The lowest BCUT2D eigenvalue weighted by molar-refractivity contribution is 0.828. The van der Waals surface area contributed by atoms with Gasteiger partial charge in [0.1, 0.15) is 0 Å². The second kappa shape index (κ2) is 7.88. The molecule has 0 atom stereocenters. The highest BCUT2D eigenvalue weighted by molar-refractivity contribution is 6.00. The quantitative estimate of drug-likeness (QED) is 0.215. The van der Waals surface area contributed by atoms with Crippen LogP contribution in [0.5, 0.6) is 0 Å². The monoisotopic (exact) mass is 367 g/mol. The molecule has 5 nitrogen and oxygen atoms in total. The van der Waals surface area contributed by atoms with Crippen LogP contribution in [0, 0.1) is 5.41 Å². The molecule has 0 spiro atoms. The molecule has 3 aromatic carbocycles. The number of rotatable bonds is 5. The van der Waals surface area contributed by atoms with E-state index in [-0.39, 0.29) is 5.84 Å². The van der Waals surface area contributed by atoms with Gasteiger partial charge in [0.05, 0.1) is 0 Å². The molecule has 0 amide bonds. The average Bonchev–Trinajstić information content (AvgIpc) is 3.15. The molecule has 0 unspecified atom stereocenters.